The third kappa shape index (κ3) is 2.63. The number of nitrogens with zero attached hydrogens (tertiary/aromatic N) is 2. The van der Waals surface area contributed by atoms with Crippen molar-refractivity contribution in [2.45, 2.75) is 6.92 Å². The largest absolute Gasteiger partial charge is 0.397 e. The summed E-state index contributed by atoms with van der Waals surface area (Å²) in [6.45, 7) is 1.95. The van der Waals surface area contributed by atoms with Gasteiger partial charge in [0, 0.05) is 19.5 Å². The number of halogens is 1. The Morgan fingerprint density at radius 1 is 1.77 bits per heavy atom. The van der Waals surface area contributed by atoms with Crippen LogP contribution in [-0.2, 0) is 0 Å². The molecular formula is C8H10BrN3S. The van der Waals surface area contributed by atoms with Crippen LogP contribution in [0.2, 0.25) is 0 Å². The van der Waals surface area contributed by atoms with E-state index in [4.69, 9.17) is 5.73 Å². The highest BCUT2D eigenvalue weighted by molar-refractivity contribution is 9.12. The number of thiazole rings is 1. The summed E-state index contributed by atoms with van der Waals surface area (Å²) >= 11 is 4.90. The van der Waals surface area contributed by atoms with Crippen LogP contribution in [0.3, 0.4) is 0 Å². The van der Waals surface area contributed by atoms with Crippen LogP contribution < -0.4 is 5.73 Å². The fourth-order valence-corrected chi connectivity index (χ4v) is 2.09. The number of allylic oxidation sites excluding steroid dienone is 1. The molecule has 1 heterocycles. The first-order valence-electron chi connectivity index (χ1n) is 3.65. The summed E-state index contributed by atoms with van der Waals surface area (Å²) in [5.74, 6) is 0. The van der Waals surface area contributed by atoms with Crippen molar-refractivity contribution in [3.8, 4) is 0 Å². The SMILES string of the molecule is CN=CC(Br)=C(N)c1cnc(C)s1. The minimum Gasteiger partial charge on any atom is -0.397 e. The summed E-state index contributed by atoms with van der Waals surface area (Å²) in [6, 6.07) is 0. The van der Waals surface area contributed by atoms with Crippen LogP contribution in [0.5, 0.6) is 0 Å². The van der Waals surface area contributed by atoms with Crippen molar-refractivity contribution in [2.24, 2.45) is 10.7 Å². The molecule has 0 aromatic carbocycles. The molecule has 3 nitrogen and oxygen atoms in total. The molecule has 0 spiro atoms. The second kappa shape index (κ2) is 4.53. The molecule has 0 aliphatic rings. The monoisotopic (exact) mass is 259 g/mol. The zero-order chi connectivity index (χ0) is 9.84. The Morgan fingerprint density at radius 3 is 2.92 bits per heavy atom. The molecule has 0 bridgehead atoms. The van der Waals surface area contributed by atoms with Crippen molar-refractivity contribution in [3.63, 3.8) is 0 Å². The lowest BCUT2D eigenvalue weighted by molar-refractivity contribution is 1.29. The molecule has 0 fully saturated rings. The Kier molecular flexibility index (Phi) is 3.62. The summed E-state index contributed by atoms with van der Waals surface area (Å²) in [6.07, 6.45) is 3.43. The lowest BCUT2D eigenvalue weighted by atomic mass is 10.4. The number of aryl methyl sites for hydroxylation is 1. The second-order valence-corrected chi connectivity index (χ2v) is 4.48. The molecule has 0 amide bonds. The normalized spacial score (nSPS) is 13.5. The van der Waals surface area contributed by atoms with Gasteiger partial charge < -0.3 is 5.73 Å². The predicted octanol–water partition coefficient (Wildman–Crippen LogP) is 2.17. The lowest BCUT2D eigenvalue weighted by Gasteiger charge is -1.96. The van der Waals surface area contributed by atoms with Crippen molar-refractivity contribution < 1.29 is 0 Å². The maximum absolute atomic E-state index is 5.85. The third-order valence-electron chi connectivity index (χ3n) is 1.39. The molecule has 0 saturated heterocycles. The van der Waals surface area contributed by atoms with Gasteiger partial charge in [-0.2, -0.15) is 0 Å². The van der Waals surface area contributed by atoms with E-state index < -0.39 is 0 Å². The van der Waals surface area contributed by atoms with Crippen LogP contribution in [0.15, 0.2) is 15.7 Å². The van der Waals surface area contributed by atoms with Crippen LogP contribution in [0.4, 0.5) is 0 Å². The molecule has 2 N–H and O–H groups in total. The zero-order valence-electron chi connectivity index (χ0n) is 7.41. The van der Waals surface area contributed by atoms with Crippen LogP contribution in [-0.4, -0.2) is 18.2 Å². The molecule has 0 aliphatic carbocycles. The van der Waals surface area contributed by atoms with E-state index >= 15 is 0 Å². The van der Waals surface area contributed by atoms with Crippen molar-refractivity contribution >= 4 is 39.2 Å². The molecule has 0 aliphatic heterocycles. The van der Waals surface area contributed by atoms with Crippen LogP contribution in [0, 0.1) is 6.92 Å². The summed E-state index contributed by atoms with van der Waals surface area (Å²) in [5, 5.41) is 1.01. The second-order valence-electron chi connectivity index (χ2n) is 2.39. The van der Waals surface area contributed by atoms with Gasteiger partial charge >= 0.3 is 0 Å². The van der Waals surface area contributed by atoms with Gasteiger partial charge in [0.2, 0.25) is 0 Å². The summed E-state index contributed by atoms with van der Waals surface area (Å²) < 4.78 is 0.790. The first kappa shape index (κ1) is 10.4. The maximum atomic E-state index is 5.85. The van der Waals surface area contributed by atoms with Crippen molar-refractivity contribution in [1.29, 1.82) is 0 Å². The van der Waals surface area contributed by atoms with Crippen LogP contribution in [0.1, 0.15) is 9.88 Å². The molecule has 0 radical (unpaired) electrons. The lowest BCUT2D eigenvalue weighted by Crippen LogP contribution is -1.96. The highest BCUT2D eigenvalue weighted by Crippen LogP contribution is 2.22. The molecule has 0 saturated carbocycles. The molecule has 1 rings (SSSR count). The Bertz CT molecular complexity index is 354. The predicted molar refractivity (Wildman–Crippen MR) is 61.3 cm³/mol. The fourth-order valence-electron chi connectivity index (χ4n) is 0.786. The number of nitrogens with two attached hydrogens (primary N) is 1. The van der Waals surface area contributed by atoms with Gasteiger partial charge in [-0.25, -0.2) is 4.98 Å². The van der Waals surface area contributed by atoms with Crippen molar-refractivity contribution in [3.05, 3.63) is 20.6 Å². The zero-order valence-corrected chi connectivity index (χ0v) is 9.82. The quantitative estimate of drug-likeness (QED) is 0.828. The number of hydrogen-bond acceptors (Lipinski definition) is 4. The standard InChI is InChI=1S/C8H10BrN3S/c1-5-12-4-7(13-5)8(10)6(9)3-11-2/h3-4H,10H2,1-2H3. The Labute approximate surface area is 89.5 Å². The van der Waals surface area contributed by atoms with E-state index in [9.17, 15) is 0 Å². The highest BCUT2D eigenvalue weighted by Gasteiger charge is 2.04. The molecule has 0 unspecified atom stereocenters. The molecular weight excluding hydrogens is 250 g/mol. The Morgan fingerprint density at radius 2 is 2.46 bits per heavy atom. The average Bonchev–Trinajstić information content (AvgIpc) is 2.51. The van der Waals surface area contributed by atoms with Gasteiger partial charge in [-0.1, -0.05) is 0 Å². The third-order valence-corrected chi connectivity index (χ3v) is 2.96. The van der Waals surface area contributed by atoms with E-state index in [-0.39, 0.29) is 0 Å². The molecule has 1 aromatic heterocycles. The summed E-state index contributed by atoms with van der Waals surface area (Å²) in [4.78, 5) is 8.94. The number of hydrogen-bond donors (Lipinski definition) is 1. The van der Waals surface area contributed by atoms with Gasteiger partial charge in [-0.3, -0.25) is 4.99 Å². The van der Waals surface area contributed by atoms with Gasteiger partial charge in [0.15, 0.2) is 0 Å². The number of aliphatic imine (C=N–C) groups is 1. The molecule has 13 heavy (non-hydrogen) atoms. The first-order chi connectivity index (χ1) is 6.15. The highest BCUT2D eigenvalue weighted by atomic mass is 79.9. The van der Waals surface area contributed by atoms with Crippen molar-refractivity contribution in [1.82, 2.24) is 4.98 Å². The van der Waals surface area contributed by atoms with E-state index in [1.54, 1.807) is 30.8 Å². The first-order valence-corrected chi connectivity index (χ1v) is 5.26. The van der Waals surface area contributed by atoms with E-state index in [0.29, 0.717) is 5.70 Å². The fraction of sp³-hybridized carbons (Fsp3) is 0.250. The Hall–Kier alpha value is -0.680. The average molecular weight is 260 g/mol. The van der Waals surface area contributed by atoms with Gasteiger partial charge in [0.25, 0.3) is 0 Å². The van der Waals surface area contributed by atoms with Crippen LogP contribution in [0.25, 0.3) is 5.70 Å². The van der Waals surface area contributed by atoms with E-state index in [1.165, 1.54) is 0 Å². The van der Waals surface area contributed by atoms with Gasteiger partial charge in [-0.15, -0.1) is 11.3 Å². The Balaban J connectivity index is 3.02. The minimum atomic E-state index is 0.677. The summed E-state index contributed by atoms with van der Waals surface area (Å²) in [7, 11) is 1.70. The number of aromatic nitrogens is 1. The van der Waals surface area contributed by atoms with Crippen molar-refractivity contribution in [2.75, 3.05) is 7.05 Å². The topological polar surface area (TPSA) is 51.3 Å². The van der Waals surface area contributed by atoms with Gasteiger partial charge in [0.05, 0.1) is 20.1 Å². The number of rotatable bonds is 2. The summed E-state index contributed by atoms with van der Waals surface area (Å²) in [5.41, 5.74) is 6.53. The minimum absolute atomic E-state index is 0.677. The van der Waals surface area contributed by atoms with E-state index in [0.717, 1.165) is 14.4 Å². The maximum Gasteiger partial charge on any atom is 0.0901 e. The molecule has 70 valence electrons. The molecule has 1 aromatic rings. The van der Waals surface area contributed by atoms with Gasteiger partial charge in [-0.05, 0) is 22.9 Å². The van der Waals surface area contributed by atoms with E-state index in [2.05, 4.69) is 25.9 Å². The van der Waals surface area contributed by atoms with E-state index in [1.807, 2.05) is 6.92 Å². The van der Waals surface area contributed by atoms with Crippen LogP contribution >= 0.6 is 27.3 Å². The smallest absolute Gasteiger partial charge is 0.0901 e. The van der Waals surface area contributed by atoms with Gasteiger partial charge in [0.1, 0.15) is 0 Å². The molecule has 0 atom stereocenters. The molecule has 5 heteroatoms.